The Balaban J connectivity index is 1.40. The van der Waals surface area contributed by atoms with Crippen LogP contribution in [-0.4, -0.2) is 51.8 Å². The lowest BCUT2D eigenvalue weighted by Crippen LogP contribution is -2.33. The summed E-state index contributed by atoms with van der Waals surface area (Å²) < 4.78 is 25.3. The fourth-order valence-electron chi connectivity index (χ4n) is 5.70. The number of carbonyl (C=O) groups is 4. The molecule has 3 aromatic carbocycles. The summed E-state index contributed by atoms with van der Waals surface area (Å²) in [5.74, 6) is -4.24. The normalized spacial score (nSPS) is 18.4. The average Bonchev–Trinajstić information content (AvgIpc) is 3.49. The minimum atomic E-state index is -0.963. The second kappa shape index (κ2) is 13.0. The zero-order valence-corrected chi connectivity index (χ0v) is 26.7. The zero-order chi connectivity index (χ0) is 33.4. The molecule has 3 atom stereocenters. The van der Waals surface area contributed by atoms with Gasteiger partial charge in [0.25, 0.3) is 0 Å². The molecule has 1 aromatic heterocycles. The Morgan fingerprint density at radius 3 is 2.36 bits per heavy atom. The Bertz CT molecular complexity index is 1940. The highest BCUT2D eigenvalue weighted by atomic mass is 32.2. The molecule has 0 saturated carbocycles. The Kier molecular flexibility index (Phi) is 8.88. The zero-order valence-electron chi connectivity index (χ0n) is 25.1. The number of ether oxygens (including phenoxy) is 2. The summed E-state index contributed by atoms with van der Waals surface area (Å²) in [5, 5.41) is 12.5. The predicted octanol–water partition coefficient (Wildman–Crippen LogP) is 4.76. The van der Waals surface area contributed by atoms with Crippen LogP contribution in [0.4, 0.5) is 15.8 Å². The van der Waals surface area contributed by atoms with Crippen molar-refractivity contribution in [2.75, 3.05) is 23.4 Å². The summed E-state index contributed by atoms with van der Waals surface area (Å²) in [7, 11) is 0. The highest BCUT2D eigenvalue weighted by Crippen LogP contribution is 2.54. The van der Waals surface area contributed by atoms with Gasteiger partial charge in [0.1, 0.15) is 17.6 Å². The van der Waals surface area contributed by atoms with E-state index < -0.39 is 51.5 Å². The first-order chi connectivity index (χ1) is 22.6. The van der Waals surface area contributed by atoms with E-state index in [0.29, 0.717) is 21.2 Å². The first-order valence-electron chi connectivity index (χ1n) is 14.7. The van der Waals surface area contributed by atoms with Crippen LogP contribution in [0.2, 0.25) is 0 Å². The van der Waals surface area contributed by atoms with Gasteiger partial charge >= 0.3 is 10.8 Å². The van der Waals surface area contributed by atoms with Gasteiger partial charge in [-0.1, -0.05) is 29.2 Å². The van der Waals surface area contributed by atoms with E-state index in [-0.39, 0.29) is 42.5 Å². The number of fused-ring (bicyclic) bond motifs is 2. The van der Waals surface area contributed by atoms with Gasteiger partial charge in [0.15, 0.2) is 11.5 Å². The SMILES string of the molecule is CCOC(=O)c1ccc(N2C(=O)[C@@H]3[C@H](c4ccc(O)c(OCC)c4)c4sc(=O)n(CC(=O)Nc5ccc(F)cc5)c4S[C@@H]3C2=O)cc1. The fourth-order valence-corrected chi connectivity index (χ4v) is 8.48. The lowest BCUT2D eigenvalue weighted by molar-refractivity contribution is -0.122. The monoisotopic (exact) mass is 677 g/mol. The van der Waals surface area contributed by atoms with E-state index in [4.69, 9.17) is 9.47 Å². The molecule has 6 rings (SSSR count). The molecular weight excluding hydrogens is 650 g/mol. The number of halogens is 1. The predicted molar refractivity (Wildman–Crippen MR) is 173 cm³/mol. The van der Waals surface area contributed by atoms with Crippen molar-refractivity contribution >= 4 is 58.2 Å². The van der Waals surface area contributed by atoms with Gasteiger partial charge in [-0.05, 0) is 80.1 Å². The van der Waals surface area contributed by atoms with Crippen LogP contribution in [0.5, 0.6) is 11.5 Å². The summed E-state index contributed by atoms with van der Waals surface area (Å²) in [6, 6.07) is 15.8. The second-order valence-electron chi connectivity index (χ2n) is 10.7. The molecule has 2 aliphatic heterocycles. The highest BCUT2D eigenvalue weighted by molar-refractivity contribution is 8.00. The molecule has 1 saturated heterocycles. The van der Waals surface area contributed by atoms with Crippen LogP contribution in [0.1, 0.15) is 40.6 Å². The Labute approximate surface area is 275 Å². The molecule has 14 heteroatoms. The first-order valence-corrected chi connectivity index (χ1v) is 16.4. The summed E-state index contributed by atoms with van der Waals surface area (Å²) in [4.78, 5) is 67.9. The minimum Gasteiger partial charge on any atom is -0.504 e. The molecule has 0 aliphatic carbocycles. The Morgan fingerprint density at radius 2 is 1.68 bits per heavy atom. The number of nitrogens with zero attached hydrogens (tertiary/aromatic N) is 2. The number of thioether (sulfide) groups is 1. The van der Waals surface area contributed by atoms with E-state index in [2.05, 4.69) is 5.32 Å². The van der Waals surface area contributed by atoms with E-state index in [0.717, 1.165) is 28.0 Å². The molecule has 242 valence electrons. The van der Waals surface area contributed by atoms with Crippen molar-refractivity contribution in [1.82, 2.24) is 4.57 Å². The minimum absolute atomic E-state index is 0.113. The molecule has 1 fully saturated rings. The number of benzene rings is 3. The van der Waals surface area contributed by atoms with Crippen LogP contribution >= 0.6 is 23.1 Å². The van der Waals surface area contributed by atoms with Gasteiger partial charge in [-0.25, -0.2) is 14.1 Å². The molecule has 0 spiro atoms. The number of thiazole rings is 1. The Hall–Kier alpha value is -4.95. The van der Waals surface area contributed by atoms with Crippen molar-refractivity contribution in [3.8, 4) is 11.5 Å². The number of esters is 1. The number of nitrogens with one attached hydrogen (secondary N) is 1. The number of hydrogen-bond acceptors (Lipinski definition) is 10. The third-order valence-corrected chi connectivity index (χ3v) is 10.4. The van der Waals surface area contributed by atoms with Crippen molar-refractivity contribution in [2.24, 2.45) is 5.92 Å². The largest absolute Gasteiger partial charge is 0.504 e. The van der Waals surface area contributed by atoms with E-state index in [9.17, 15) is 33.5 Å². The topological polar surface area (TPSA) is 144 Å². The lowest BCUT2D eigenvalue weighted by Gasteiger charge is -2.31. The number of aromatic hydroxyl groups is 1. The highest BCUT2D eigenvalue weighted by Gasteiger charge is 2.57. The Morgan fingerprint density at radius 1 is 0.957 bits per heavy atom. The van der Waals surface area contributed by atoms with E-state index in [1.807, 2.05) is 0 Å². The lowest BCUT2D eigenvalue weighted by atomic mass is 9.83. The van der Waals surface area contributed by atoms with Crippen LogP contribution in [-0.2, 0) is 25.7 Å². The van der Waals surface area contributed by atoms with Gasteiger partial charge in [0.2, 0.25) is 17.7 Å². The third-order valence-electron chi connectivity index (χ3n) is 7.76. The molecule has 3 amide bonds. The van der Waals surface area contributed by atoms with Crippen LogP contribution < -0.4 is 19.8 Å². The number of carbonyl (C=O) groups excluding carboxylic acids is 4. The van der Waals surface area contributed by atoms with Crippen molar-refractivity contribution in [3.63, 3.8) is 0 Å². The molecule has 47 heavy (non-hydrogen) atoms. The van der Waals surface area contributed by atoms with E-state index >= 15 is 0 Å². The number of hydrogen-bond donors (Lipinski definition) is 2. The quantitative estimate of drug-likeness (QED) is 0.189. The fraction of sp³-hybridized carbons (Fsp3) is 0.242. The molecule has 0 radical (unpaired) electrons. The number of imide groups is 1. The van der Waals surface area contributed by atoms with Gasteiger partial charge < -0.3 is 19.9 Å². The number of anilines is 2. The van der Waals surface area contributed by atoms with Gasteiger partial charge in [-0.15, -0.1) is 0 Å². The molecular formula is C33H28FN3O8S2. The van der Waals surface area contributed by atoms with Crippen molar-refractivity contribution in [1.29, 1.82) is 0 Å². The summed E-state index contributed by atoms with van der Waals surface area (Å²) in [5.41, 5.74) is 1.40. The van der Waals surface area contributed by atoms with Crippen LogP contribution in [0.25, 0.3) is 0 Å². The summed E-state index contributed by atoms with van der Waals surface area (Å²) >= 11 is 1.92. The average molecular weight is 678 g/mol. The molecule has 4 aromatic rings. The maximum absolute atomic E-state index is 14.2. The van der Waals surface area contributed by atoms with Gasteiger partial charge in [0.05, 0.1) is 35.4 Å². The summed E-state index contributed by atoms with van der Waals surface area (Å²) in [6.45, 7) is 3.50. The van der Waals surface area contributed by atoms with Gasteiger partial charge in [0, 0.05) is 16.5 Å². The number of phenols is 1. The maximum atomic E-state index is 14.2. The van der Waals surface area contributed by atoms with E-state index in [1.54, 1.807) is 26.0 Å². The van der Waals surface area contributed by atoms with Crippen molar-refractivity contribution < 1.29 is 38.1 Å². The van der Waals surface area contributed by atoms with Crippen LogP contribution in [0, 0.1) is 11.7 Å². The maximum Gasteiger partial charge on any atom is 0.338 e. The smallest absolute Gasteiger partial charge is 0.338 e. The molecule has 2 aliphatic rings. The third kappa shape index (κ3) is 6.01. The van der Waals surface area contributed by atoms with Crippen LogP contribution in [0.3, 0.4) is 0 Å². The molecule has 0 bridgehead atoms. The molecule has 0 unspecified atom stereocenters. The van der Waals surface area contributed by atoms with E-state index in [1.165, 1.54) is 59.2 Å². The number of rotatable bonds is 9. The summed E-state index contributed by atoms with van der Waals surface area (Å²) in [6.07, 6.45) is 0. The molecule has 11 nitrogen and oxygen atoms in total. The van der Waals surface area contributed by atoms with Gasteiger partial charge in [-0.2, -0.15) is 0 Å². The number of phenolic OH excluding ortho intramolecular Hbond substituents is 1. The molecule has 2 N–H and O–H groups in total. The first kappa shape index (κ1) is 32.0. The van der Waals surface area contributed by atoms with Crippen molar-refractivity contribution in [2.45, 2.75) is 36.6 Å². The molecule has 3 heterocycles. The number of aromatic nitrogens is 1. The van der Waals surface area contributed by atoms with Crippen LogP contribution in [0.15, 0.2) is 76.6 Å². The van der Waals surface area contributed by atoms with Crippen molar-refractivity contribution in [3.05, 3.63) is 98.2 Å². The number of amides is 3. The van der Waals surface area contributed by atoms with Gasteiger partial charge in [-0.3, -0.25) is 23.7 Å². The second-order valence-corrected chi connectivity index (χ2v) is 12.8. The standard InChI is InChI=1S/C33H28FN3O8S2/c1-3-44-23-15-18(7-14-22(23)38)25-26-27(30(41)37(29(26)40)21-12-5-17(6-13-21)32(42)45-4-2)46-31-28(25)47-33(43)36(31)16-24(39)35-20-10-8-19(34)9-11-20/h5-15,25-27,38H,3-4,16H2,1-2H3,(H,35,39)/t25-,26+,27-/m0/s1.